The molecule has 0 aromatic rings. The van der Waals surface area contributed by atoms with E-state index < -0.39 is 18.4 Å². The van der Waals surface area contributed by atoms with Crippen LogP contribution in [0.4, 0.5) is 18.0 Å². The minimum atomic E-state index is -4.29. The van der Waals surface area contributed by atoms with Gasteiger partial charge in [-0.05, 0) is 27.2 Å². The van der Waals surface area contributed by atoms with E-state index in [9.17, 15) is 18.0 Å². The van der Waals surface area contributed by atoms with E-state index in [1.54, 1.807) is 4.90 Å². The molecular weight excluding hydrogens is 353 g/mol. The van der Waals surface area contributed by atoms with Crippen LogP contribution in [0.1, 0.15) is 27.2 Å². The van der Waals surface area contributed by atoms with Crippen LogP contribution < -0.4 is 5.32 Å². The van der Waals surface area contributed by atoms with Crippen LogP contribution in [0.3, 0.4) is 0 Å². The summed E-state index contributed by atoms with van der Waals surface area (Å²) in [5.41, 5.74) is -0.526. The van der Waals surface area contributed by atoms with Gasteiger partial charge in [0.2, 0.25) is 0 Å². The lowest BCUT2D eigenvalue weighted by Crippen LogP contribution is -2.57. The standard InChI is InChI=1S/C16H27F3N4O3/c1-15(2,3)26-14(24)22-6-7-23-12(10-22)9-21-13(23)20-5-4-8-25-11-16(17,18)19/h12H,4-11H2,1-3H3,(H,20,21). The van der Waals surface area contributed by atoms with E-state index >= 15 is 0 Å². The van der Waals surface area contributed by atoms with Gasteiger partial charge in [-0.3, -0.25) is 4.99 Å². The minimum absolute atomic E-state index is 0.0373. The highest BCUT2D eigenvalue weighted by atomic mass is 19.4. The van der Waals surface area contributed by atoms with Crippen molar-refractivity contribution >= 4 is 12.1 Å². The molecule has 1 atom stereocenters. The topological polar surface area (TPSA) is 66.4 Å². The highest BCUT2D eigenvalue weighted by Gasteiger charge is 2.36. The molecule has 10 heteroatoms. The van der Waals surface area contributed by atoms with Crippen molar-refractivity contribution in [1.29, 1.82) is 0 Å². The van der Waals surface area contributed by atoms with Gasteiger partial charge in [0.25, 0.3) is 0 Å². The Morgan fingerprint density at radius 3 is 2.69 bits per heavy atom. The van der Waals surface area contributed by atoms with Gasteiger partial charge in [-0.25, -0.2) is 4.79 Å². The van der Waals surface area contributed by atoms with E-state index in [1.165, 1.54) is 0 Å². The third-order valence-corrected chi connectivity index (χ3v) is 3.87. The number of hydrogen-bond acceptors (Lipinski definition) is 6. The summed E-state index contributed by atoms with van der Waals surface area (Å²) in [5.74, 6) is 0.731. The fourth-order valence-corrected chi connectivity index (χ4v) is 2.79. The third-order valence-electron chi connectivity index (χ3n) is 3.87. The van der Waals surface area contributed by atoms with E-state index in [0.29, 0.717) is 39.1 Å². The lowest BCUT2D eigenvalue weighted by Gasteiger charge is -2.39. The molecule has 26 heavy (non-hydrogen) atoms. The molecule has 2 heterocycles. The summed E-state index contributed by atoms with van der Waals surface area (Å²) < 4.78 is 45.9. The maximum Gasteiger partial charge on any atom is 0.411 e. The number of nitrogens with one attached hydrogen (secondary N) is 1. The number of piperazine rings is 1. The average Bonchev–Trinajstić information content (AvgIpc) is 2.90. The molecule has 2 rings (SSSR count). The zero-order valence-electron chi connectivity index (χ0n) is 15.4. The van der Waals surface area contributed by atoms with Crippen LogP contribution in [0.15, 0.2) is 4.99 Å². The van der Waals surface area contributed by atoms with Crippen LogP contribution in [0, 0.1) is 0 Å². The SMILES string of the molecule is CC(C)(C)OC(=O)N1CCN2C(NCCCOCC(F)(F)F)=NCC2C1. The fourth-order valence-electron chi connectivity index (χ4n) is 2.79. The summed E-state index contributed by atoms with van der Waals surface area (Å²) in [5, 5.41) is 3.14. The van der Waals surface area contributed by atoms with E-state index in [2.05, 4.69) is 19.9 Å². The van der Waals surface area contributed by atoms with Gasteiger partial charge in [0.1, 0.15) is 12.2 Å². The molecule has 0 spiro atoms. The maximum absolute atomic E-state index is 12.2. The molecular formula is C16H27F3N4O3. The molecule has 1 N–H and O–H groups in total. The number of fused-ring (bicyclic) bond motifs is 1. The number of aliphatic imine (C=N–C) groups is 1. The highest BCUT2D eigenvalue weighted by Crippen LogP contribution is 2.18. The molecule has 2 aliphatic rings. The van der Waals surface area contributed by atoms with E-state index in [0.717, 1.165) is 5.96 Å². The van der Waals surface area contributed by atoms with Crippen LogP contribution in [-0.4, -0.2) is 85.6 Å². The first kappa shape index (κ1) is 20.6. The lowest BCUT2D eigenvalue weighted by atomic mass is 10.2. The Labute approximate surface area is 151 Å². The first-order valence-corrected chi connectivity index (χ1v) is 8.72. The second kappa shape index (κ2) is 8.32. The van der Waals surface area contributed by atoms with Crippen molar-refractivity contribution in [1.82, 2.24) is 15.1 Å². The summed E-state index contributed by atoms with van der Waals surface area (Å²) in [6.07, 6.45) is -4.15. The quantitative estimate of drug-likeness (QED) is 0.738. The summed E-state index contributed by atoms with van der Waals surface area (Å²) in [7, 11) is 0. The first-order valence-electron chi connectivity index (χ1n) is 8.72. The van der Waals surface area contributed by atoms with Crippen LogP contribution in [0.5, 0.6) is 0 Å². The number of carbonyl (C=O) groups is 1. The molecule has 0 aliphatic carbocycles. The highest BCUT2D eigenvalue weighted by molar-refractivity contribution is 5.82. The van der Waals surface area contributed by atoms with Gasteiger partial charge in [-0.2, -0.15) is 13.2 Å². The largest absolute Gasteiger partial charge is 0.444 e. The molecule has 1 saturated heterocycles. The van der Waals surface area contributed by atoms with Crippen molar-refractivity contribution in [2.45, 2.75) is 45.0 Å². The monoisotopic (exact) mass is 380 g/mol. The molecule has 1 unspecified atom stereocenters. The van der Waals surface area contributed by atoms with Crippen molar-refractivity contribution in [3.63, 3.8) is 0 Å². The van der Waals surface area contributed by atoms with Gasteiger partial charge >= 0.3 is 12.3 Å². The molecule has 0 radical (unpaired) electrons. The minimum Gasteiger partial charge on any atom is -0.444 e. The van der Waals surface area contributed by atoms with Crippen molar-refractivity contribution in [3.05, 3.63) is 0 Å². The predicted octanol–water partition coefficient (Wildman–Crippen LogP) is 1.84. The van der Waals surface area contributed by atoms with Crippen LogP contribution in [0.25, 0.3) is 0 Å². The number of guanidine groups is 1. The Kier molecular flexibility index (Phi) is 6.59. The number of hydrogen-bond donors (Lipinski definition) is 1. The van der Waals surface area contributed by atoms with Gasteiger partial charge in [0.05, 0.1) is 12.6 Å². The van der Waals surface area contributed by atoms with Crippen LogP contribution in [-0.2, 0) is 9.47 Å². The van der Waals surface area contributed by atoms with Crippen molar-refractivity contribution < 1.29 is 27.4 Å². The summed E-state index contributed by atoms with van der Waals surface area (Å²) in [6.45, 7) is 7.10. The molecule has 7 nitrogen and oxygen atoms in total. The number of carbonyl (C=O) groups excluding carboxylic acids is 1. The Hall–Kier alpha value is -1.71. The fraction of sp³-hybridized carbons (Fsp3) is 0.875. The number of halogens is 3. The smallest absolute Gasteiger partial charge is 0.411 e. The summed E-state index contributed by atoms with van der Waals surface area (Å²) in [4.78, 5) is 20.4. The lowest BCUT2D eigenvalue weighted by molar-refractivity contribution is -0.173. The molecule has 1 amide bonds. The van der Waals surface area contributed by atoms with Crippen molar-refractivity contribution in [3.8, 4) is 0 Å². The molecule has 1 fully saturated rings. The Bertz CT molecular complexity index is 520. The Morgan fingerprint density at radius 2 is 2.04 bits per heavy atom. The molecule has 0 aromatic heterocycles. The van der Waals surface area contributed by atoms with Gasteiger partial charge < -0.3 is 24.6 Å². The normalized spacial score (nSPS) is 20.7. The maximum atomic E-state index is 12.2. The van der Waals surface area contributed by atoms with E-state index in [-0.39, 0.29) is 18.7 Å². The van der Waals surface area contributed by atoms with Crippen LogP contribution in [0.2, 0.25) is 0 Å². The van der Waals surface area contributed by atoms with Gasteiger partial charge in [-0.15, -0.1) is 0 Å². The van der Waals surface area contributed by atoms with Gasteiger partial charge in [0.15, 0.2) is 5.96 Å². The number of nitrogens with zero attached hydrogens (tertiary/aromatic N) is 3. The molecule has 150 valence electrons. The van der Waals surface area contributed by atoms with E-state index in [1.807, 2.05) is 20.8 Å². The van der Waals surface area contributed by atoms with Crippen molar-refractivity contribution in [2.75, 3.05) is 45.9 Å². The number of ether oxygens (including phenoxy) is 2. The summed E-state index contributed by atoms with van der Waals surface area (Å²) >= 11 is 0. The number of alkyl halides is 3. The average molecular weight is 380 g/mol. The Morgan fingerprint density at radius 1 is 1.31 bits per heavy atom. The molecule has 2 aliphatic heterocycles. The zero-order chi connectivity index (χ0) is 19.4. The van der Waals surface area contributed by atoms with E-state index in [4.69, 9.17) is 4.74 Å². The van der Waals surface area contributed by atoms with Crippen molar-refractivity contribution in [2.24, 2.45) is 4.99 Å². The summed E-state index contributed by atoms with van der Waals surface area (Å²) in [6, 6.07) is 0.0975. The Balaban J connectivity index is 1.67. The van der Waals surface area contributed by atoms with Crippen LogP contribution >= 0.6 is 0 Å². The van der Waals surface area contributed by atoms with Gasteiger partial charge in [-0.1, -0.05) is 0 Å². The molecule has 0 aromatic carbocycles. The predicted molar refractivity (Wildman–Crippen MR) is 90.1 cm³/mol. The first-order chi connectivity index (χ1) is 12.1. The second-order valence-corrected chi connectivity index (χ2v) is 7.39. The van der Waals surface area contributed by atoms with Gasteiger partial charge in [0, 0.05) is 32.8 Å². The number of rotatable bonds is 5. The second-order valence-electron chi connectivity index (χ2n) is 7.39. The molecule has 0 saturated carbocycles. The number of amides is 1. The zero-order valence-corrected chi connectivity index (χ0v) is 15.4. The molecule has 0 bridgehead atoms. The third kappa shape index (κ3) is 6.54.